The fraction of sp³-hybridized carbons (Fsp3) is 0.400. The molecule has 2 aromatic rings. The highest BCUT2D eigenvalue weighted by atomic mass is 32.1. The molecule has 3 nitrogen and oxygen atoms in total. The molecule has 0 saturated carbocycles. The molecule has 1 atom stereocenters. The standard InChI is InChI=1S/C20H23NO2S/c1-3-4-8-12-20(2)13-9-14-21-17(22)16(18(23)24-19(20)21)15-10-6-5-7-11-15/h3,5-7,10-11H,1,4,8-9,12-14H2,2H3. The Bertz CT molecular complexity index is 797. The average Bonchev–Trinajstić information content (AvgIpc) is 2.57. The van der Waals surface area contributed by atoms with Crippen molar-refractivity contribution in [3.63, 3.8) is 0 Å². The first-order valence-corrected chi connectivity index (χ1v) is 9.33. The number of nitrogens with zero attached hydrogens (tertiary/aromatic N) is 1. The largest absolute Gasteiger partial charge is 0.823 e. The van der Waals surface area contributed by atoms with Crippen LogP contribution in [0.5, 0.6) is 5.88 Å². The minimum atomic E-state index is -0.130. The normalized spacial score (nSPS) is 19.7. The predicted octanol–water partition coefficient (Wildman–Crippen LogP) is 3.54. The summed E-state index contributed by atoms with van der Waals surface area (Å²) >= 11 is 1.26. The Kier molecular flexibility index (Phi) is 4.86. The molecule has 1 aromatic heterocycles. The monoisotopic (exact) mass is 341 g/mol. The van der Waals surface area contributed by atoms with Crippen LogP contribution in [0.15, 0.2) is 47.8 Å². The molecule has 4 heteroatoms. The van der Waals surface area contributed by atoms with Crippen molar-refractivity contribution in [1.82, 2.24) is 0 Å². The van der Waals surface area contributed by atoms with Crippen molar-refractivity contribution in [2.75, 3.05) is 0 Å². The third-order valence-corrected chi connectivity index (χ3v) is 6.22. The molecule has 24 heavy (non-hydrogen) atoms. The highest BCUT2D eigenvalue weighted by molar-refractivity contribution is 7.09. The third kappa shape index (κ3) is 3.03. The van der Waals surface area contributed by atoms with Crippen molar-refractivity contribution in [3.8, 4) is 17.0 Å². The first-order valence-electron chi connectivity index (χ1n) is 8.51. The van der Waals surface area contributed by atoms with E-state index in [1.165, 1.54) is 11.3 Å². The second-order valence-electron chi connectivity index (χ2n) is 6.74. The number of fused-ring (bicyclic) bond motifs is 1. The van der Waals surface area contributed by atoms with Gasteiger partial charge in [-0.05, 0) is 49.5 Å². The van der Waals surface area contributed by atoms with E-state index in [1.54, 1.807) is 0 Å². The number of benzene rings is 1. The average molecular weight is 341 g/mol. The van der Waals surface area contributed by atoms with E-state index in [4.69, 9.17) is 0 Å². The fourth-order valence-electron chi connectivity index (χ4n) is 3.61. The number of unbranched alkanes of at least 4 members (excludes halogenated alkanes) is 1. The minimum absolute atomic E-state index is 0.0839. The molecule has 1 unspecified atom stereocenters. The second kappa shape index (κ2) is 6.89. The van der Waals surface area contributed by atoms with E-state index < -0.39 is 0 Å². The maximum Gasteiger partial charge on any atom is 0.251 e. The van der Waals surface area contributed by atoms with Crippen LogP contribution >= 0.6 is 11.3 Å². The number of rotatable bonds is 5. The van der Waals surface area contributed by atoms with E-state index in [0.29, 0.717) is 12.1 Å². The van der Waals surface area contributed by atoms with Gasteiger partial charge in [-0.2, -0.15) is 4.57 Å². The van der Waals surface area contributed by atoms with Gasteiger partial charge in [0.2, 0.25) is 5.01 Å². The van der Waals surface area contributed by atoms with E-state index in [2.05, 4.69) is 13.5 Å². The Morgan fingerprint density at radius 2 is 2.12 bits per heavy atom. The van der Waals surface area contributed by atoms with Crippen molar-refractivity contribution >= 4 is 11.3 Å². The molecular weight excluding hydrogens is 318 g/mol. The van der Waals surface area contributed by atoms with Crippen LogP contribution in [0, 0.1) is 0 Å². The molecule has 0 bridgehead atoms. The molecule has 0 spiro atoms. The van der Waals surface area contributed by atoms with Gasteiger partial charge in [-0.1, -0.05) is 36.4 Å². The lowest BCUT2D eigenvalue weighted by Gasteiger charge is -2.31. The Labute approximate surface area is 146 Å². The van der Waals surface area contributed by atoms with Crippen LogP contribution in [0.2, 0.25) is 0 Å². The summed E-state index contributed by atoms with van der Waals surface area (Å²) in [6.45, 7) is 6.68. The van der Waals surface area contributed by atoms with Gasteiger partial charge in [-0.3, -0.25) is 4.79 Å². The van der Waals surface area contributed by atoms with Crippen LogP contribution in [0.1, 0.15) is 44.0 Å². The van der Waals surface area contributed by atoms with Crippen molar-refractivity contribution < 1.29 is 9.67 Å². The third-order valence-electron chi connectivity index (χ3n) is 4.92. The Morgan fingerprint density at radius 1 is 1.38 bits per heavy atom. The summed E-state index contributed by atoms with van der Waals surface area (Å²) in [4.78, 5) is 12.7. The molecule has 2 heterocycles. The van der Waals surface area contributed by atoms with E-state index >= 15 is 0 Å². The summed E-state index contributed by atoms with van der Waals surface area (Å²) in [6, 6.07) is 9.29. The van der Waals surface area contributed by atoms with Crippen LogP contribution < -0.4 is 14.4 Å². The molecule has 1 aliphatic heterocycles. The van der Waals surface area contributed by atoms with Crippen LogP contribution in [0.4, 0.5) is 0 Å². The van der Waals surface area contributed by atoms with Crippen molar-refractivity contribution in [2.45, 2.75) is 51.0 Å². The summed E-state index contributed by atoms with van der Waals surface area (Å²) in [6.07, 6.45) is 6.94. The maximum atomic E-state index is 13.0. The van der Waals surface area contributed by atoms with Gasteiger partial charge in [0.15, 0.2) is 5.88 Å². The number of hydrogen-bond acceptors (Lipinski definition) is 3. The highest BCUT2D eigenvalue weighted by Crippen LogP contribution is 2.38. The van der Waals surface area contributed by atoms with Gasteiger partial charge in [0.05, 0.1) is 11.0 Å². The maximum absolute atomic E-state index is 13.0. The molecule has 0 radical (unpaired) electrons. The molecule has 1 aromatic carbocycles. The van der Waals surface area contributed by atoms with Crippen LogP contribution in [-0.2, 0) is 12.0 Å². The van der Waals surface area contributed by atoms with Crippen molar-refractivity contribution in [3.05, 3.63) is 57.5 Å². The highest BCUT2D eigenvalue weighted by Gasteiger charge is 2.40. The Balaban J connectivity index is 2.09. The van der Waals surface area contributed by atoms with E-state index in [0.717, 1.165) is 42.7 Å². The van der Waals surface area contributed by atoms with Gasteiger partial charge < -0.3 is 5.11 Å². The topological polar surface area (TPSA) is 44.0 Å². The first-order chi connectivity index (χ1) is 11.6. The lowest BCUT2D eigenvalue weighted by Crippen LogP contribution is -2.51. The summed E-state index contributed by atoms with van der Waals surface area (Å²) in [7, 11) is 0. The molecule has 1 aliphatic rings. The van der Waals surface area contributed by atoms with Gasteiger partial charge in [0, 0.05) is 6.42 Å². The van der Waals surface area contributed by atoms with Crippen LogP contribution in [0.25, 0.3) is 11.1 Å². The molecule has 0 N–H and O–H groups in total. The molecule has 126 valence electrons. The van der Waals surface area contributed by atoms with Gasteiger partial charge in [-0.15, -0.1) is 6.58 Å². The lowest BCUT2D eigenvalue weighted by molar-refractivity contribution is -0.746. The van der Waals surface area contributed by atoms with E-state index in [1.807, 2.05) is 41.0 Å². The number of aromatic nitrogens is 1. The Morgan fingerprint density at radius 3 is 2.83 bits per heavy atom. The van der Waals surface area contributed by atoms with E-state index in [-0.39, 0.29) is 16.0 Å². The van der Waals surface area contributed by atoms with Gasteiger partial charge in [0.1, 0.15) is 6.54 Å². The van der Waals surface area contributed by atoms with Gasteiger partial charge in [0.25, 0.3) is 4.74 Å². The molecule has 0 aliphatic carbocycles. The quantitative estimate of drug-likeness (QED) is 0.474. The zero-order valence-electron chi connectivity index (χ0n) is 14.1. The summed E-state index contributed by atoms with van der Waals surface area (Å²) in [5.74, 6) is -0.130. The van der Waals surface area contributed by atoms with Gasteiger partial charge >= 0.3 is 0 Å². The summed E-state index contributed by atoms with van der Waals surface area (Å²) in [5, 5.41) is 14.0. The molecule has 0 saturated heterocycles. The SMILES string of the molecule is C=CCCCC1(C)CCC[n+]2c1sc(=O)c(-c1ccccc1)c2[O-]. The smallest absolute Gasteiger partial charge is 0.251 e. The minimum Gasteiger partial charge on any atom is -0.823 e. The number of allylic oxidation sites excluding steroid dienone is 1. The zero-order chi connectivity index (χ0) is 17.2. The predicted molar refractivity (Wildman–Crippen MR) is 96.3 cm³/mol. The van der Waals surface area contributed by atoms with Crippen molar-refractivity contribution in [2.24, 2.45) is 0 Å². The second-order valence-corrected chi connectivity index (χ2v) is 7.70. The summed E-state index contributed by atoms with van der Waals surface area (Å²) < 4.78 is 1.74. The van der Waals surface area contributed by atoms with Crippen LogP contribution in [-0.4, -0.2) is 0 Å². The molecular formula is C20H23NO2S. The fourth-order valence-corrected chi connectivity index (χ4v) is 4.83. The lowest BCUT2D eigenvalue weighted by atomic mass is 9.79. The molecule has 0 fully saturated rings. The summed E-state index contributed by atoms with van der Waals surface area (Å²) in [5.41, 5.74) is 0.956. The number of hydrogen-bond donors (Lipinski definition) is 0. The van der Waals surface area contributed by atoms with E-state index in [9.17, 15) is 9.90 Å². The molecule has 3 rings (SSSR count). The van der Waals surface area contributed by atoms with Crippen molar-refractivity contribution in [1.29, 1.82) is 0 Å². The van der Waals surface area contributed by atoms with Crippen LogP contribution in [0.3, 0.4) is 0 Å². The molecule has 0 amide bonds. The zero-order valence-corrected chi connectivity index (χ0v) is 14.9. The first kappa shape index (κ1) is 16.9. The van der Waals surface area contributed by atoms with Gasteiger partial charge in [-0.25, -0.2) is 0 Å². The Hall–Kier alpha value is -1.94.